The molecule has 0 unspecified atom stereocenters. The van der Waals surface area contributed by atoms with Gasteiger partial charge in [0.1, 0.15) is 16.9 Å². The van der Waals surface area contributed by atoms with Gasteiger partial charge < -0.3 is 4.98 Å². The summed E-state index contributed by atoms with van der Waals surface area (Å²) in [5.74, 6) is -0.234. The van der Waals surface area contributed by atoms with E-state index in [1.165, 1.54) is 11.7 Å². The minimum atomic E-state index is -0.590. The molecule has 0 saturated carbocycles. The molecule has 7 nitrogen and oxygen atoms in total. The Labute approximate surface area is 133 Å². The third-order valence-corrected chi connectivity index (χ3v) is 3.60. The standard InChI is InChI=1S/C13H8ClN5O2S/c14-8-3-1-7(2-4-8)10-15-5-9(11(20)17-10)12(21)18-13-19-16-6-22-13/h1-6H,(H,15,17,20)(H,18,19,21). The lowest BCUT2D eigenvalue weighted by Gasteiger charge is -2.03. The van der Waals surface area contributed by atoms with Gasteiger partial charge in [-0.2, -0.15) is 0 Å². The van der Waals surface area contributed by atoms with Gasteiger partial charge in [-0.15, -0.1) is 10.2 Å². The Bertz CT molecular complexity index is 861. The summed E-state index contributed by atoms with van der Waals surface area (Å²) in [6.07, 6.45) is 1.22. The highest BCUT2D eigenvalue weighted by atomic mass is 35.5. The number of halogens is 1. The molecule has 1 amide bonds. The molecule has 1 aromatic carbocycles. The molecule has 2 heterocycles. The number of hydrogen-bond donors (Lipinski definition) is 2. The monoisotopic (exact) mass is 333 g/mol. The molecule has 0 aliphatic rings. The Kier molecular flexibility index (Phi) is 3.94. The molecule has 0 bridgehead atoms. The van der Waals surface area contributed by atoms with Gasteiger partial charge >= 0.3 is 0 Å². The average Bonchev–Trinajstić information content (AvgIpc) is 3.00. The molecule has 9 heteroatoms. The number of hydrogen-bond acceptors (Lipinski definition) is 6. The fourth-order valence-electron chi connectivity index (χ4n) is 1.70. The normalized spacial score (nSPS) is 10.4. The van der Waals surface area contributed by atoms with Gasteiger partial charge in [0.05, 0.1) is 0 Å². The van der Waals surface area contributed by atoms with Crippen LogP contribution in [-0.2, 0) is 0 Å². The van der Waals surface area contributed by atoms with E-state index in [0.717, 1.165) is 11.3 Å². The number of carbonyl (C=O) groups is 1. The minimum Gasteiger partial charge on any atom is -0.306 e. The largest absolute Gasteiger partial charge is 0.306 e. The van der Waals surface area contributed by atoms with Crippen LogP contribution in [0.2, 0.25) is 5.02 Å². The Morgan fingerprint density at radius 1 is 1.27 bits per heavy atom. The third kappa shape index (κ3) is 3.02. The molecule has 2 aromatic heterocycles. The van der Waals surface area contributed by atoms with Crippen molar-refractivity contribution in [3.63, 3.8) is 0 Å². The second-order valence-corrected chi connectivity index (χ2v) is 5.45. The summed E-state index contributed by atoms with van der Waals surface area (Å²) in [5, 5.41) is 10.6. The second-order valence-electron chi connectivity index (χ2n) is 4.18. The van der Waals surface area contributed by atoms with Crippen molar-refractivity contribution in [2.75, 3.05) is 5.32 Å². The molecule has 0 radical (unpaired) electrons. The Morgan fingerprint density at radius 3 is 2.68 bits per heavy atom. The highest BCUT2D eigenvalue weighted by Gasteiger charge is 2.14. The van der Waals surface area contributed by atoms with E-state index in [-0.39, 0.29) is 5.56 Å². The maximum Gasteiger partial charge on any atom is 0.264 e. The molecule has 0 atom stereocenters. The molecule has 0 saturated heterocycles. The predicted octanol–water partition coefficient (Wildman–Crippen LogP) is 2.19. The molecule has 0 spiro atoms. The summed E-state index contributed by atoms with van der Waals surface area (Å²) in [7, 11) is 0. The van der Waals surface area contributed by atoms with E-state index in [9.17, 15) is 9.59 Å². The zero-order chi connectivity index (χ0) is 15.5. The minimum absolute atomic E-state index is 0.104. The first-order valence-electron chi connectivity index (χ1n) is 6.06. The van der Waals surface area contributed by atoms with Crippen molar-refractivity contribution in [3.8, 4) is 11.4 Å². The van der Waals surface area contributed by atoms with Crippen LogP contribution in [-0.4, -0.2) is 26.1 Å². The summed E-state index contributed by atoms with van der Waals surface area (Å²) in [6.45, 7) is 0. The first kappa shape index (κ1) is 14.4. The van der Waals surface area contributed by atoms with Crippen LogP contribution in [0.5, 0.6) is 0 Å². The Balaban J connectivity index is 1.87. The average molecular weight is 334 g/mol. The van der Waals surface area contributed by atoms with E-state index >= 15 is 0 Å². The summed E-state index contributed by atoms with van der Waals surface area (Å²) < 4.78 is 0. The van der Waals surface area contributed by atoms with Gasteiger partial charge in [-0.3, -0.25) is 14.9 Å². The quantitative estimate of drug-likeness (QED) is 0.765. The van der Waals surface area contributed by atoms with Crippen molar-refractivity contribution < 1.29 is 4.79 Å². The fourth-order valence-corrected chi connectivity index (χ4v) is 2.27. The molecule has 0 aliphatic heterocycles. The van der Waals surface area contributed by atoms with Gasteiger partial charge in [-0.1, -0.05) is 22.9 Å². The van der Waals surface area contributed by atoms with Crippen LogP contribution in [0.1, 0.15) is 10.4 Å². The summed E-state index contributed by atoms with van der Waals surface area (Å²) in [5.41, 5.74) is 1.52. The van der Waals surface area contributed by atoms with Crippen LogP contribution in [0.4, 0.5) is 5.13 Å². The van der Waals surface area contributed by atoms with Crippen LogP contribution < -0.4 is 10.9 Å². The number of H-pyrrole nitrogens is 1. The van der Waals surface area contributed by atoms with Gasteiger partial charge in [0, 0.05) is 16.8 Å². The fraction of sp³-hybridized carbons (Fsp3) is 0. The van der Waals surface area contributed by atoms with Crippen LogP contribution in [0, 0.1) is 0 Å². The molecular formula is C13H8ClN5O2S. The lowest BCUT2D eigenvalue weighted by atomic mass is 10.2. The van der Waals surface area contributed by atoms with Gasteiger partial charge in [0.2, 0.25) is 5.13 Å². The van der Waals surface area contributed by atoms with Gasteiger partial charge in [0.15, 0.2) is 0 Å². The number of rotatable bonds is 3. The van der Waals surface area contributed by atoms with Crippen molar-refractivity contribution in [3.05, 3.63) is 56.9 Å². The lowest BCUT2D eigenvalue weighted by molar-refractivity contribution is 0.102. The number of aromatic nitrogens is 4. The summed E-state index contributed by atoms with van der Waals surface area (Å²) >= 11 is 6.96. The van der Waals surface area contributed by atoms with Crippen molar-refractivity contribution in [1.29, 1.82) is 0 Å². The molecule has 0 aliphatic carbocycles. The topological polar surface area (TPSA) is 101 Å². The summed E-state index contributed by atoms with van der Waals surface area (Å²) in [6, 6.07) is 6.82. The number of nitrogens with one attached hydrogen (secondary N) is 2. The van der Waals surface area contributed by atoms with E-state index in [0.29, 0.717) is 21.5 Å². The van der Waals surface area contributed by atoms with Crippen molar-refractivity contribution in [1.82, 2.24) is 20.2 Å². The SMILES string of the molecule is O=C(Nc1nncs1)c1cnc(-c2ccc(Cl)cc2)[nH]c1=O. The highest BCUT2D eigenvalue weighted by molar-refractivity contribution is 7.13. The van der Waals surface area contributed by atoms with E-state index in [1.54, 1.807) is 24.3 Å². The number of anilines is 1. The zero-order valence-electron chi connectivity index (χ0n) is 10.9. The first-order chi connectivity index (χ1) is 10.6. The van der Waals surface area contributed by atoms with Crippen molar-refractivity contribution >= 4 is 34.0 Å². The third-order valence-electron chi connectivity index (χ3n) is 2.74. The van der Waals surface area contributed by atoms with Gasteiger partial charge in [0.25, 0.3) is 11.5 Å². The Hall–Kier alpha value is -2.58. The maximum absolute atomic E-state index is 12.0. The molecule has 0 fully saturated rings. The van der Waals surface area contributed by atoms with Gasteiger partial charge in [-0.25, -0.2) is 4.98 Å². The number of benzene rings is 1. The first-order valence-corrected chi connectivity index (χ1v) is 7.32. The predicted molar refractivity (Wildman–Crippen MR) is 83.2 cm³/mol. The highest BCUT2D eigenvalue weighted by Crippen LogP contribution is 2.17. The van der Waals surface area contributed by atoms with Gasteiger partial charge in [-0.05, 0) is 24.3 Å². The van der Waals surface area contributed by atoms with Crippen LogP contribution in [0.25, 0.3) is 11.4 Å². The molecule has 22 heavy (non-hydrogen) atoms. The van der Waals surface area contributed by atoms with E-state index in [2.05, 4.69) is 25.5 Å². The molecule has 110 valence electrons. The Morgan fingerprint density at radius 2 is 2.05 bits per heavy atom. The van der Waals surface area contributed by atoms with E-state index < -0.39 is 11.5 Å². The van der Waals surface area contributed by atoms with E-state index in [1.807, 2.05) is 0 Å². The molecule has 2 N–H and O–H groups in total. The number of aromatic amines is 1. The second kappa shape index (κ2) is 6.04. The van der Waals surface area contributed by atoms with Crippen molar-refractivity contribution in [2.45, 2.75) is 0 Å². The molecular weight excluding hydrogens is 326 g/mol. The smallest absolute Gasteiger partial charge is 0.264 e. The van der Waals surface area contributed by atoms with Crippen molar-refractivity contribution in [2.24, 2.45) is 0 Å². The number of carbonyl (C=O) groups excluding carboxylic acids is 1. The number of nitrogens with zero attached hydrogens (tertiary/aromatic N) is 3. The summed E-state index contributed by atoms with van der Waals surface area (Å²) in [4.78, 5) is 30.7. The molecule has 3 aromatic rings. The van der Waals surface area contributed by atoms with Crippen LogP contribution in [0.15, 0.2) is 40.8 Å². The van der Waals surface area contributed by atoms with E-state index in [4.69, 9.17) is 11.6 Å². The van der Waals surface area contributed by atoms with Crippen LogP contribution in [0.3, 0.4) is 0 Å². The number of amides is 1. The maximum atomic E-state index is 12.0. The molecule has 3 rings (SSSR count). The lowest BCUT2D eigenvalue weighted by Crippen LogP contribution is -2.24. The zero-order valence-corrected chi connectivity index (χ0v) is 12.5. The van der Waals surface area contributed by atoms with Crippen LogP contribution >= 0.6 is 22.9 Å².